The van der Waals surface area contributed by atoms with Gasteiger partial charge in [-0.15, -0.1) is 0 Å². The minimum absolute atomic E-state index is 0.0742. The Labute approximate surface area is 98.2 Å². The number of phenolic OH excluding ortho intramolecular Hbond substituents is 1. The van der Waals surface area contributed by atoms with Gasteiger partial charge < -0.3 is 9.84 Å². The third kappa shape index (κ3) is 3.05. The normalized spacial score (nSPS) is 9.41. The maximum Gasteiger partial charge on any atom is 0.310 e. The smallest absolute Gasteiger partial charge is 0.310 e. The molecule has 0 aromatic heterocycles. The molecule has 1 rings (SSSR count). The summed E-state index contributed by atoms with van der Waals surface area (Å²) in [5.41, 5.74) is 0.485. The number of nitriles is 1. The van der Waals surface area contributed by atoms with E-state index in [1.165, 1.54) is 6.07 Å². The molecule has 0 aliphatic carbocycles. The molecule has 17 heavy (non-hydrogen) atoms. The summed E-state index contributed by atoms with van der Waals surface area (Å²) >= 11 is 0. The Bertz CT molecular complexity index is 488. The summed E-state index contributed by atoms with van der Waals surface area (Å²) in [4.78, 5) is 21.9. The van der Waals surface area contributed by atoms with Gasteiger partial charge >= 0.3 is 5.97 Å². The van der Waals surface area contributed by atoms with E-state index < -0.39 is 5.97 Å². The van der Waals surface area contributed by atoms with Crippen LogP contribution < -0.4 is 0 Å². The Hall–Kier alpha value is -2.35. The largest absolute Gasteiger partial charge is 0.508 e. The molecule has 0 aliphatic rings. The van der Waals surface area contributed by atoms with Gasteiger partial charge in [-0.3, -0.25) is 9.59 Å². The highest BCUT2D eigenvalue weighted by atomic mass is 16.5. The number of carbonyl (C=O) groups is 2. The first-order valence-corrected chi connectivity index (χ1v) is 4.99. The van der Waals surface area contributed by atoms with Crippen molar-refractivity contribution in [3.8, 4) is 11.8 Å². The molecule has 5 heteroatoms. The first kappa shape index (κ1) is 12.7. The third-order valence-corrected chi connectivity index (χ3v) is 2.14. The van der Waals surface area contributed by atoms with Crippen LogP contribution in [-0.4, -0.2) is 24.0 Å². The zero-order chi connectivity index (χ0) is 12.8. The van der Waals surface area contributed by atoms with Crippen LogP contribution in [0.2, 0.25) is 0 Å². The van der Waals surface area contributed by atoms with Crippen molar-refractivity contribution in [2.75, 3.05) is 6.61 Å². The molecular formula is C12H11NO4. The standard InChI is InChI=1S/C12H11NO4/c1-2-17-12(16)5-8-3-10(7-14)9(6-13)4-11(8)15/h3-4,7,15H,2,5H2,1H3. The van der Waals surface area contributed by atoms with Crippen LogP contribution in [0.5, 0.6) is 5.75 Å². The van der Waals surface area contributed by atoms with Crippen LogP contribution in [0.4, 0.5) is 0 Å². The molecule has 1 N–H and O–H groups in total. The number of hydrogen-bond acceptors (Lipinski definition) is 5. The number of hydrogen-bond donors (Lipinski definition) is 1. The molecule has 0 fully saturated rings. The van der Waals surface area contributed by atoms with Gasteiger partial charge in [-0.05, 0) is 19.1 Å². The van der Waals surface area contributed by atoms with Crippen LogP contribution in [0.3, 0.4) is 0 Å². The summed E-state index contributed by atoms with van der Waals surface area (Å²) in [5.74, 6) is -0.690. The van der Waals surface area contributed by atoms with E-state index in [0.717, 1.165) is 6.07 Å². The van der Waals surface area contributed by atoms with Gasteiger partial charge in [0, 0.05) is 11.1 Å². The number of nitrogens with zero attached hydrogens (tertiary/aromatic N) is 1. The molecule has 0 saturated heterocycles. The van der Waals surface area contributed by atoms with E-state index in [2.05, 4.69) is 0 Å². The fourth-order valence-electron chi connectivity index (χ4n) is 1.36. The van der Waals surface area contributed by atoms with E-state index in [9.17, 15) is 14.7 Å². The van der Waals surface area contributed by atoms with Gasteiger partial charge in [0.05, 0.1) is 18.6 Å². The summed E-state index contributed by atoms with van der Waals surface area (Å²) in [5, 5.41) is 18.3. The van der Waals surface area contributed by atoms with Crippen LogP contribution in [0.15, 0.2) is 12.1 Å². The van der Waals surface area contributed by atoms with Crippen molar-refractivity contribution in [1.82, 2.24) is 0 Å². The van der Waals surface area contributed by atoms with Gasteiger partial charge in [-0.1, -0.05) is 0 Å². The van der Waals surface area contributed by atoms with Crippen LogP contribution in [0.1, 0.15) is 28.4 Å². The van der Waals surface area contributed by atoms with Crippen molar-refractivity contribution in [2.45, 2.75) is 13.3 Å². The molecule has 0 amide bonds. The van der Waals surface area contributed by atoms with Crippen LogP contribution in [0, 0.1) is 11.3 Å². The second kappa shape index (κ2) is 5.66. The van der Waals surface area contributed by atoms with E-state index in [1.807, 2.05) is 0 Å². The molecule has 0 atom stereocenters. The lowest BCUT2D eigenvalue weighted by Crippen LogP contribution is -2.08. The van der Waals surface area contributed by atoms with Gasteiger partial charge in [-0.25, -0.2) is 0 Å². The lowest BCUT2D eigenvalue weighted by atomic mass is 10.0. The van der Waals surface area contributed by atoms with Crippen molar-refractivity contribution in [3.05, 3.63) is 28.8 Å². The number of rotatable bonds is 4. The lowest BCUT2D eigenvalue weighted by Gasteiger charge is -2.06. The van der Waals surface area contributed by atoms with Crippen LogP contribution in [-0.2, 0) is 16.0 Å². The van der Waals surface area contributed by atoms with Crippen molar-refractivity contribution in [2.24, 2.45) is 0 Å². The summed E-state index contributed by atoms with van der Waals surface area (Å²) in [6.07, 6.45) is 0.374. The number of aromatic hydroxyl groups is 1. The predicted molar refractivity (Wildman–Crippen MR) is 58.5 cm³/mol. The molecule has 0 bridgehead atoms. The Balaban J connectivity index is 3.05. The Morgan fingerprint density at radius 2 is 2.29 bits per heavy atom. The fraction of sp³-hybridized carbons (Fsp3) is 0.250. The molecule has 5 nitrogen and oxygen atoms in total. The zero-order valence-electron chi connectivity index (χ0n) is 9.27. The predicted octanol–water partition coefficient (Wildman–Crippen LogP) is 1.18. The van der Waals surface area contributed by atoms with Gasteiger partial charge in [-0.2, -0.15) is 5.26 Å². The highest BCUT2D eigenvalue weighted by molar-refractivity contribution is 5.82. The minimum Gasteiger partial charge on any atom is -0.508 e. The molecule has 0 aliphatic heterocycles. The highest BCUT2D eigenvalue weighted by Gasteiger charge is 2.12. The van der Waals surface area contributed by atoms with Crippen LogP contribution >= 0.6 is 0 Å². The molecule has 0 heterocycles. The van der Waals surface area contributed by atoms with Crippen LogP contribution in [0.25, 0.3) is 0 Å². The monoisotopic (exact) mass is 233 g/mol. The summed E-state index contributed by atoms with van der Waals surface area (Å²) in [6, 6.07) is 4.27. The molecule has 0 radical (unpaired) electrons. The average Bonchev–Trinajstić information content (AvgIpc) is 2.31. The molecule has 88 valence electrons. The molecule has 0 spiro atoms. The molecule has 1 aromatic rings. The molecule has 1 aromatic carbocycles. The number of benzene rings is 1. The second-order valence-electron chi connectivity index (χ2n) is 3.28. The van der Waals surface area contributed by atoms with Gasteiger partial charge in [0.15, 0.2) is 6.29 Å². The van der Waals surface area contributed by atoms with E-state index in [-0.39, 0.29) is 35.5 Å². The quantitative estimate of drug-likeness (QED) is 0.623. The van der Waals surface area contributed by atoms with Crippen molar-refractivity contribution >= 4 is 12.3 Å². The number of carbonyl (C=O) groups excluding carboxylic acids is 2. The Morgan fingerprint density at radius 1 is 1.59 bits per heavy atom. The van der Waals surface area contributed by atoms with E-state index in [4.69, 9.17) is 10.00 Å². The molecule has 0 saturated carbocycles. The molecular weight excluding hydrogens is 222 g/mol. The fourth-order valence-corrected chi connectivity index (χ4v) is 1.36. The van der Waals surface area contributed by atoms with E-state index in [1.54, 1.807) is 13.0 Å². The first-order valence-electron chi connectivity index (χ1n) is 4.99. The molecule has 0 unspecified atom stereocenters. The Morgan fingerprint density at radius 3 is 2.82 bits per heavy atom. The number of aldehydes is 1. The van der Waals surface area contributed by atoms with E-state index in [0.29, 0.717) is 6.29 Å². The van der Waals surface area contributed by atoms with Crippen molar-refractivity contribution in [3.63, 3.8) is 0 Å². The summed E-state index contributed by atoms with van der Waals surface area (Å²) < 4.78 is 4.73. The third-order valence-electron chi connectivity index (χ3n) is 2.14. The SMILES string of the molecule is CCOC(=O)Cc1cc(C=O)c(C#N)cc1O. The number of esters is 1. The van der Waals surface area contributed by atoms with Gasteiger partial charge in [0.25, 0.3) is 0 Å². The highest BCUT2D eigenvalue weighted by Crippen LogP contribution is 2.22. The number of phenols is 1. The average molecular weight is 233 g/mol. The van der Waals surface area contributed by atoms with Gasteiger partial charge in [0.2, 0.25) is 0 Å². The van der Waals surface area contributed by atoms with E-state index >= 15 is 0 Å². The topological polar surface area (TPSA) is 87.4 Å². The maximum atomic E-state index is 11.2. The lowest BCUT2D eigenvalue weighted by molar-refractivity contribution is -0.142. The first-order chi connectivity index (χ1) is 8.12. The van der Waals surface area contributed by atoms with Gasteiger partial charge in [0.1, 0.15) is 11.8 Å². The Kier molecular flexibility index (Phi) is 4.23. The summed E-state index contributed by atoms with van der Waals surface area (Å²) in [7, 11) is 0. The summed E-state index contributed by atoms with van der Waals surface area (Å²) in [6.45, 7) is 1.92. The van der Waals surface area contributed by atoms with Crippen molar-refractivity contribution in [1.29, 1.82) is 5.26 Å². The zero-order valence-corrected chi connectivity index (χ0v) is 9.27. The van der Waals surface area contributed by atoms with Crippen molar-refractivity contribution < 1.29 is 19.4 Å². The minimum atomic E-state index is -0.496. The maximum absolute atomic E-state index is 11.2. The number of ether oxygens (including phenoxy) is 1. The second-order valence-corrected chi connectivity index (χ2v) is 3.28.